The maximum absolute atomic E-state index is 14.2. The molecule has 3 N–H and O–H groups in total. The van der Waals surface area contributed by atoms with Gasteiger partial charge in [-0.05, 0) is 73.2 Å². The minimum atomic E-state index is -0.288. The van der Waals surface area contributed by atoms with Crippen molar-refractivity contribution in [1.29, 1.82) is 0 Å². The van der Waals surface area contributed by atoms with Crippen molar-refractivity contribution in [3.05, 3.63) is 78.3 Å². The molecule has 1 aromatic carbocycles. The quantitative estimate of drug-likeness (QED) is 0.221. The van der Waals surface area contributed by atoms with Crippen molar-refractivity contribution < 1.29 is 4.39 Å². The molecule has 9 heteroatoms. The molecule has 0 radical (unpaired) electrons. The summed E-state index contributed by atoms with van der Waals surface area (Å²) in [6.07, 6.45) is 14.3. The van der Waals surface area contributed by atoms with Crippen molar-refractivity contribution >= 4 is 21.9 Å². The van der Waals surface area contributed by atoms with Gasteiger partial charge in [0.1, 0.15) is 11.5 Å². The van der Waals surface area contributed by atoms with Gasteiger partial charge in [0.25, 0.3) is 0 Å². The third-order valence-electron chi connectivity index (χ3n) is 7.75. The molecule has 5 heterocycles. The number of halogens is 1. The van der Waals surface area contributed by atoms with E-state index in [0.717, 1.165) is 68.9 Å². The van der Waals surface area contributed by atoms with E-state index >= 15 is 0 Å². The van der Waals surface area contributed by atoms with Crippen molar-refractivity contribution in [3.63, 3.8) is 0 Å². The van der Waals surface area contributed by atoms with Gasteiger partial charge in [-0.3, -0.25) is 20.1 Å². The molecule has 200 valence electrons. The fourth-order valence-corrected chi connectivity index (χ4v) is 5.76. The second-order valence-electron chi connectivity index (χ2n) is 10.7. The lowest BCUT2D eigenvalue weighted by Crippen LogP contribution is -2.20. The predicted octanol–water partition coefficient (Wildman–Crippen LogP) is 6.35. The molecule has 1 aliphatic carbocycles. The van der Waals surface area contributed by atoms with Crippen LogP contribution >= 0.6 is 0 Å². The number of H-pyrrole nitrogens is 2. The maximum atomic E-state index is 14.2. The lowest BCUT2D eigenvalue weighted by Gasteiger charge is -2.11. The summed E-state index contributed by atoms with van der Waals surface area (Å²) in [6, 6.07) is 9.10. The molecule has 8 nitrogen and oxygen atoms in total. The molecule has 0 unspecified atom stereocenters. The zero-order chi connectivity index (χ0) is 27.1. The highest BCUT2D eigenvalue weighted by Crippen LogP contribution is 2.32. The first-order chi connectivity index (χ1) is 19.6. The molecule has 40 heavy (non-hydrogen) atoms. The minimum absolute atomic E-state index is 0.288. The number of pyridine rings is 3. The number of nitrogens with zero attached hydrogens (tertiary/aromatic N) is 5. The zero-order valence-corrected chi connectivity index (χ0v) is 22.2. The number of aryl methyl sites for hydroxylation is 1. The van der Waals surface area contributed by atoms with E-state index in [1.807, 2.05) is 31.5 Å². The van der Waals surface area contributed by atoms with Crippen LogP contribution in [-0.2, 0) is 6.54 Å². The number of nitrogens with one attached hydrogen (secondary N) is 3. The second-order valence-corrected chi connectivity index (χ2v) is 10.7. The summed E-state index contributed by atoms with van der Waals surface area (Å²) in [5.74, 6) is 1.11. The Bertz CT molecular complexity index is 1810. The van der Waals surface area contributed by atoms with E-state index in [1.54, 1.807) is 18.6 Å². The van der Waals surface area contributed by atoms with E-state index in [0.29, 0.717) is 17.0 Å². The molecular formula is C31H29FN8. The highest BCUT2D eigenvalue weighted by molar-refractivity contribution is 5.97. The van der Waals surface area contributed by atoms with Gasteiger partial charge in [0.2, 0.25) is 0 Å². The van der Waals surface area contributed by atoms with Crippen LogP contribution < -0.4 is 5.32 Å². The summed E-state index contributed by atoms with van der Waals surface area (Å²) in [6.45, 7) is 3.72. The van der Waals surface area contributed by atoms with Gasteiger partial charge in [-0.1, -0.05) is 18.9 Å². The van der Waals surface area contributed by atoms with Crippen molar-refractivity contribution in [2.45, 2.75) is 39.2 Å². The molecule has 7 rings (SSSR count). The van der Waals surface area contributed by atoms with E-state index in [2.05, 4.69) is 41.5 Å². The van der Waals surface area contributed by atoms with E-state index in [9.17, 15) is 4.39 Å². The summed E-state index contributed by atoms with van der Waals surface area (Å²) in [5, 5.41) is 12.1. The summed E-state index contributed by atoms with van der Waals surface area (Å²) in [7, 11) is 0. The van der Waals surface area contributed by atoms with Crippen LogP contribution in [0, 0.1) is 18.7 Å². The van der Waals surface area contributed by atoms with Crippen LogP contribution in [0.5, 0.6) is 0 Å². The van der Waals surface area contributed by atoms with Crippen molar-refractivity contribution in [2.24, 2.45) is 5.92 Å². The number of rotatable bonds is 7. The van der Waals surface area contributed by atoms with Crippen LogP contribution in [0.15, 0.2) is 61.3 Å². The highest BCUT2D eigenvalue weighted by atomic mass is 19.1. The molecule has 0 saturated heterocycles. The summed E-state index contributed by atoms with van der Waals surface area (Å²) in [5.41, 5.74) is 8.18. The number of imidazole rings is 1. The van der Waals surface area contributed by atoms with Crippen molar-refractivity contribution in [1.82, 2.24) is 40.4 Å². The van der Waals surface area contributed by atoms with Crippen LogP contribution in [0.3, 0.4) is 0 Å². The highest BCUT2D eigenvalue weighted by Gasteiger charge is 2.18. The monoisotopic (exact) mass is 532 g/mol. The Morgan fingerprint density at radius 1 is 0.925 bits per heavy atom. The van der Waals surface area contributed by atoms with E-state index in [4.69, 9.17) is 4.98 Å². The van der Waals surface area contributed by atoms with Crippen LogP contribution in [0.25, 0.3) is 55.8 Å². The van der Waals surface area contributed by atoms with Gasteiger partial charge >= 0.3 is 0 Å². The Balaban J connectivity index is 1.21. The van der Waals surface area contributed by atoms with Gasteiger partial charge < -0.3 is 10.3 Å². The molecule has 0 aliphatic heterocycles. The summed E-state index contributed by atoms with van der Waals surface area (Å²) in [4.78, 5) is 21.8. The smallest absolute Gasteiger partial charge is 0.159 e. The Kier molecular flexibility index (Phi) is 6.28. The van der Waals surface area contributed by atoms with Crippen molar-refractivity contribution in [3.8, 4) is 33.9 Å². The van der Waals surface area contributed by atoms with Crippen molar-refractivity contribution in [2.75, 3.05) is 6.54 Å². The van der Waals surface area contributed by atoms with Crippen LogP contribution in [0.2, 0.25) is 0 Å². The minimum Gasteiger partial charge on any atom is -0.335 e. The molecule has 0 spiro atoms. The average Bonchev–Trinajstić information content (AvgIpc) is 3.71. The molecule has 0 bridgehead atoms. The molecule has 1 saturated carbocycles. The topological polar surface area (TPSA) is 108 Å². The van der Waals surface area contributed by atoms with Crippen LogP contribution in [-0.4, -0.2) is 41.7 Å². The van der Waals surface area contributed by atoms with Gasteiger partial charge in [0.15, 0.2) is 5.82 Å². The van der Waals surface area contributed by atoms with Gasteiger partial charge in [-0.25, -0.2) is 9.37 Å². The Morgan fingerprint density at radius 2 is 1.80 bits per heavy atom. The van der Waals surface area contributed by atoms with E-state index in [1.165, 1.54) is 37.8 Å². The molecule has 6 aromatic rings. The first kappa shape index (κ1) is 24.5. The SMILES string of the molecule is Cc1cc(F)cc(-c2cncc3[nH]c(-c4n[nH]c5cnc(-c6cncc(CNCC7CCCC7)c6)cc45)nc23)c1. The number of hydrogen-bond acceptors (Lipinski definition) is 6. The average molecular weight is 533 g/mol. The first-order valence-corrected chi connectivity index (χ1v) is 13.7. The normalized spacial score (nSPS) is 14.1. The fourth-order valence-electron chi connectivity index (χ4n) is 5.76. The fraction of sp³-hybridized carbons (Fsp3) is 0.258. The number of benzene rings is 1. The van der Waals surface area contributed by atoms with Crippen LogP contribution in [0.1, 0.15) is 36.8 Å². The molecular weight excluding hydrogens is 503 g/mol. The molecule has 1 fully saturated rings. The lowest BCUT2D eigenvalue weighted by atomic mass is 10.0. The lowest BCUT2D eigenvalue weighted by molar-refractivity contribution is 0.489. The number of fused-ring (bicyclic) bond motifs is 2. The largest absolute Gasteiger partial charge is 0.335 e. The summed E-state index contributed by atoms with van der Waals surface area (Å²) >= 11 is 0. The van der Waals surface area contributed by atoms with Crippen LogP contribution in [0.4, 0.5) is 4.39 Å². The van der Waals surface area contributed by atoms with E-state index in [-0.39, 0.29) is 5.82 Å². The van der Waals surface area contributed by atoms with Gasteiger partial charge in [-0.15, -0.1) is 0 Å². The number of aromatic amines is 2. The first-order valence-electron chi connectivity index (χ1n) is 13.7. The standard InChI is InChI=1S/C31H29FN8/c1-18-6-21(9-23(32)7-18)25-15-35-16-28-29(25)38-31(37-28)30-24-10-26(36-17-27(24)39-40-30)22-8-20(13-34-14-22)12-33-11-19-4-2-3-5-19/h6-10,13-17,19,33H,2-5,11-12H2,1H3,(H,37,38)(H,39,40). The third kappa shape index (κ3) is 4.73. The summed E-state index contributed by atoms with van der Waals surface area (Å²) < 4.78 is 14.2. The number of aromatic nitrogens is 7. The predicted molar refractivity (Wildman–Crippen MR) is 154 cm³/mol. The molecule has 0 amide bonds. The van der Waals surface area contributed by atoms with Gasteiger partial charge in [0.05, 0.1) is 34.6 Å². The molecule has 5 aromatic heterocycles. The second kappa shape index (κ2) is 10.2. The van der Waals surface area contributed by atoms with Gasteiger partial charge in [-0.2, -0.15) is 5.10 Å². The Morgan fingerprint density at radius 3 is 2.67 bits per heavy atom. The van der Waals surface area contributed by atoms with E-state index < -0.39 is 0 Å². The third-order valence-corrected chi connectivity index (χ3v) is 7.75. The number of hydrogen-bond donors (Lipinski definition) is 3. The Hall–Kier alpha value is -4.50. The van der Waals surface area contributed by atoms with Gasteiger partial charge in [0, 0.05) is 41.6 Å². The Labute approximate surface area is 230 Å². The maximum Gasteiger partial charge on any atom is 0.159 e. The molecule has 1 aliphatic rings. The molecule has 0 atom stereocenters. The zero-order valence-electron chi connectivity index (χ0n) is 22.2.